The van der Waals surface area contributed by atoms with Crippen molar-refractivity contribution in [2.45, 2.75) is 33.1 Å². The van der Waals surface area contributed by atoms with E-state index < -0.39 is 0 Å². The number of benzene rings is 1. The molecular formula is C17H22FN3. The zero-order chi connectivity index (χ0) is 15.0. The van der Waals surface area contributed by atoms with Crippen LogP contribution in [0.5, 0.6) is 0 Å². The van der Waals surface area contributed by atoms with E-state index in [0.717, 1.165) is 37.7 Å². The molecule has 21 heavy (non-hydrogen) atoms. The van der Waals surface area contributed by atoms with Gasteiger partial charge in [-0.25, -0.2) is 4.39 Å². The summed E-state index contributed by atoms with van der Waals surface area (Å²) in [6.45, 7) is 6.23. The Morgan fingerprint density at radius 1 is 1.38 bits per heavy atom. The van der Waals surface area contributed by atoms with E-state index in [0.29, 0.717) is 22.3 Å². The van der Waals surface area contributed by atoms with Gasteiger partial charge in [-0.05, 0) is 42.9 Å². The standard InChI is InChI=1S/C17H22FN3/c1-3-17(4-2)7-9-21(11-17)16-13(18)10-14(19)12-6-5-8-20-15(12)16/h5-6,8,10H,3-4,7,9,11,19H2,1-2H3. The van der Waals surface area contributed by atoms with Crippen molar-refractivity contribution in [3.63, 3.8) is 0 Å². The van der Waals surface area contributed by atoms with Crippen molar-refractivity contribution >= 4 is 22.3 Å². The van der Waals surface area contributed by atoms with Crippen molar-refractivity contribution in [3.05, 3.63) is 30.2 Å². The van der Waals surface area contributed by atoms with Crippen LogP contribution in [0.25, 0.3) is 10.9 Å². The number of fused-ring (bicyclic) bond motifs is 1. The zero-order valence-electron chi connectivity index (χ0n) is 12.7. The SMILES string of the molecule is CCC1(CC)CCN(c2c(F)cc(N)c3cccnc23)C1. The smallest absolute Gasteiger partial charge is 0.150 e. The van der Waals surface area contributed by atoms with Gasteiger partial charge in [0, 0.05) is 30.4 Å². The van der Waals surface area contributed by atoms with Gasteiger partial charge in [0.05, 0.1) is 11.2 Å². The first-order chi connectivity index (χ1) is 10.1. The Morgan fingerprint density at radius 3 is 2.81 bits per heavy atom. The Morgan fingerprint density at radius 2 is 2.14 bits per heavy atom. The van der Waals surface area contributed by atoms with E-state index in [-0.39, 0.29) is 5.82 Å². The van der Waals surface area contributed by atoms with Crippen molar-refractivity contribution in [3.8, 4) is 0 Å². The molecule has 2 aromatic rings. The van der Waals surface area contributed by atoms with Gasteiger partial charge in [-0.3, -0.25) is 4.98 Å². The number of pyridine rings is 1. The normalized spacial score (nSPS) is 17.6. The number of nitrogens with zero attached hydrogens (tertiary/aromatic N) is 2. The zero-order valence-corrected chi connectivity index (χ0v) is 12.7. The molecule has 1 fully saturated rings. The number of rotatable bonds is 3. The summed E-state index contributed by atoms with van der Waals surface area (Å²) in [5.41, 5.74) is 7.98. The van der Waals surface area contributed by atoms with E-state index in [1.807, 2.05) is 12.1 Å². The van der Waals surface area contributed by atoms with Crippen LogP contribution in [-0.2, 0) is 0 Å². The van der Waals surface area contributed by atoms with Gasteiger partial charge in [0.1, 0.15) is 0 Å². The number of hydrogen-bond donors (Lipinski definition) is 1. The molecule has 0 amide bonds. The highest BCUT2D eigenvalue weighted by Crippen LogP contribution is 2.42. The van der Waals surface area contributed by atoms with Crippen LogP contribution >= 0.6 is 0 Å². The van der Waals surface area contributed by atoms with Crippen LogP contribution in [0.15, 0.2) is 24.4 Å². The Bertz CT molecular complexity index is 664. The number of anilines is 2. The maximum absolute atomic E-state index is 14.5. The lowest BCUT2D eigenvalue weighted by molar-refractivity contribution is 0.301. The van der Waals surface area contributed by atoms with Gasteiger partial charge < -0.3 is 10.6 Å². The lowest BCUT2D eigenvalue weighted by Gasteiger charge is -2.27. The molecule has 2 heterocycles. The molecule has 3 nitrogen and oxygen atoms in total. The molecule has 1 aliphatic heterocycles. The molecule has 112 valence electrons. The number of aromatic nitrogens is 1. The van der Waals surface area contributed by atoms with E-state index in [9.17, 15) is 4.39 Å². The maximum atomic E-state index is 14.5. The minimum atomic E-state index is -0.262. The minimum absolute atomic E-state index is 0.262. The molecule has 0 atom stereocenters. The second-order valence-corrected chi connectivity index (χ2v) is 6.07. The third-order valence-electron chi connectivity index (χ3n) is 5.11. The first-order valence-electron chi connectivity index (χ1n) is 7.68. The van der Waals surface area contributed by atoms with Gasteiger partial charge >= 0.3 is 0 Å². The molecule has 3 rings (SSSR count). The topological polar surface area (TPSA) is 42.1 Å². The monoisotopic (exact) mass is 287 g/mol. The van der Waals surface area contributed by atoms with Crippen molar-refractivity contribution in [2.24, 2.45) is 5.41 Å². The summed E-state index contributed by atoms with van der Waals surface area (Å²) in [6.07, 6.45) is 5.07. The summed E-state index contributed by atoms with van der Waals surface area (Å²) < 4.78 is 14.5. The number of nitrogen functional groups attached to an aromatic ring is 1. The van der Waals surface area contributed by atoms with Gasteiger partial charge in [-0.2, -0.15) is 0 Å². The summed E-state index contributed by atoms with van der Waals surface area (Å²) in [6, 6.07) is 5.17. The molecule has 0 saturated carbocycles. The fourth-order valence-electron chi connectivity index (χ4n) is 3.48. The summed E-state index contributed by atoms with van der Waals surface area (Å²) in [4.78, 5) is 6.54. The summed E-state index contributed by atoms with van der Waals surface area (Å²) in [5.74, 6) is -0.262. The second-order valence-electron chi connectivity index (χ2n) is 6.07. The Kier molecular flexibility index (Phi) is 3.47. The Labute approximate surface area is 125 Å². The van der Waals surface area contributed by atoms with E-state index in [1.54, 1.807) is 6.20 Å². The highest BCUT2D eigenvalue weighted by Gasteiger charge is 2.36. The van der Waals surface area contributed by atoms with E-state index in [1.165, 1.54) is 6.07 Å². The average Bonchev–Trinajstić information content (AvgIpc) is 2.92. The van der Waals surface area contributed by atoms with Crippen LogP contribution in [0.2, 0.25) is 0 Å². The van der Waals surface area contributed by atoms with Crippen molar-refractivity contribution < 1.29 is 4.39 Å². The molecule has 2 N–H and O–H groups in total. The van der Waals surface area contributed by atoms with Crippen LogP contribution in [0.1, 0.15) is 33.1 Å². The molecule has 1 aliphatic rings. The minimum Gasteiger partial charge on any atom is -0.398 e. The third kappa shape index (κ3) is 2.23. The molecule has 0 unspecified atom stereocenters. The van der Waals surface area contributed by atoms with Crippen molar-refractivity contribution in [2.75, 3.05) is 23.7 Å². The van der Waals surface area contributed by atoms with E-state index in [2.05, 4.69) is 23.7 Å². The van der Waals surface area contributed by atoms with Crippen molar-refractivity contribution in [1.82, 2.24) is 4.98 Å². The third-order valence-corrected chi connectivity index (χ3v) is 5.11. The van der Waals surface area contributed by atoms with Gasteiger partial charge in [-0.1, -0.05) is 13.8 Å². The molecule has 4 heteroatoms. The van der Waals surface area contributed by atoms with Gasteiger partial charge in [0.2, 0.25) is 0 Å². The van der Waals surface area contributed by atoms with Gasteiger partial charge in [0.15, 0.2) is 5.82 Å². The van der Waals surface area contributed by atoms with E-state index in [4.69, 9.17) is 5.73 Å². The molecule has 0 bridgehead atoms. The molecule has 1 saturated heterocycles. The molecule has 1 aromatic heterocycles. The number of hydrogen-bond acceptors (Lipinski definition) is 3. The van der Waals surface area contributed by atoms with Crippen molar-refractivity contribution in [1.29, 1.82) is 0 Å². The lowest BCUT2D eigenvalue weighted by atomic mass is 9.82. The van der Waals surface area contributed by atoms with E-state index >= 15 is 0 Å². The van der Waals surface area contributed by atoms with Crippen LogP contribution in [0.3, 0.4) is 0 Å². The first-order valence-corrected chi connectivity index (χ1v) is 7.68. The van der Waals surface area contributed by atoms with Crippen LogP contribution in [0.4, 0.5) is 15.8 Å². The fraction of sp³-hybridized carbons (Fsp3) is 0.471. The molecular weight excluding hydrogens is 265 g/mol. The average molecular weight is 287 g/mol. The Hall–Kier alpha value is -1.84. The molecule has 0 aliphatic carbocycles. The maximum Gasteiger partial charge on any atom is 0.150 e. The van der Waals surface area contributed by atoms with Gasteiger partial charge in [0.25, 0.3) is 0 Å². The summed E-state index contributed by atoms with van der Waals surface area (Å²) in [5, 5.41) is 0.833. The molecule has 0 radical (unpaired) electrons. The van der Waals surface area contributed by atoms with Gasteiger partial charge in [-0.15, -0.1) is 0 Å². The number of nitrogens with two attached hydrogens (primary N) is 1. The number of halogens is 1. The van der Waals surface area contributed by atoms with Crippen LogP contribution in [-0.4, -0.2) is 18.1 Å². The first kappa shape index (κ1) is 14.1. The molecule has 0 spiro atoms. The second kappa shape index (κ2) is 5.17. The highest BCUT2D eigenvalue weighted by atomic mass is 19.1. The lowest BCUT2D eigenvalue weighted by Crippen LogP contribution is -2.27. The Balaban J connectivity index is 2.10. The summed E-state index contributed by atoms with van der Waals surface area (Å²) >= 11 is 0. The predicted molar refractivity (Wildman–Crippen MR) is 86.0 cm³/mol. The predicted octanol–water partition coefficient (Wildman–Crippen LogP) is 3.97. The highest BCUT2D eigenvalue weighted by molar-refractivity contribution is 5.99. The van der Waals surface area contributed by atoms with Crippen LogP contribution in [0, 0.1) is 11.2 Å². The van der Waals surface area contributed by atoms with Crippen LogP contribution < -0.4 is 10.6 Å². The fourth-order valence-corrected chi connectivity index (χ4v) is 3.48. The quantitative estimate of drug-likeness (QED) is 0.868. The largest absolute Gasteiger partial charge is 0.398 e. The summed E-state index contributed by atoms with van der Waals surface area (Å²) in [7, 11) is 0. The molecule has 1 aromatic carbocycles.